The first-order valence-corrected chi connectivity index (χ1v) is 5.82. The Morgan fingerprint density at radius 3 is 2.72 bits per heavy atom. The van der Waals surface area contributed by atoms with E-state index >= 15 is 0 Å². The highest BCUT2D eigenvalue weighted by atomic mass is 19.4. The molecule has 18 heavy (non-hydrogen) atoms. The highest BCUT2D eigenvalue weighted by Crippen LogP contribution is 2.41. The fourth-order valence-electron chi connectivity index (χ4n) is 2.61. The lowest BCUT2D eigenvalue weighted by Crippen LogP contribution is -2.41. The number of nitrogens with zero attached hydrogens (tertiary/aromatic N) is 1. The monoisotopic (exact) mass is 260 g/mol. The van der Waals surface area contributed by atoms with Crippen LogP contribution in [0.15, 0.2) is 22.9 Å². The van der Waals surface area contributed by atoms with Crippen LogP contribution in [0.2, 0.25) is 0 Å². The average Bonchev–Trinajstić information content (AvgIpc) is 2.25. The molecule has 2 aliphatic rings. The first-order valence-electron chi connectivity index (χ1n) is 5.82. The van der Waals surface area contributed by atoms with Crippen LogP contribution in [0.4, 0.5) is 13.2 Å². The third-order valence-electron chi connectivity index (χ3n) is 3.56. The molecule has 100 valence electrons. The number of halogens is 3. The van der Waals surface area contributed by atoms with Crippen LogP contribution in [0, 0.1) is 5.92 Å². The molecule has 1 fully saturated rings. The van der Waals surface area contributed by atoms with E-state index in [4.69, 9.17) is 5.73 Å². The maximum absolute atomic E-state index is 13.0. The number of hydrogen-bond acceptors (Lipinski definition) is 2. The zero-order chi connectivity index (χ0) is 13.5. The van der Waals surface area contributed by atoms with Gasteiger partial charge in [-0.25, -0.2) is 0 Å². The van der Waals surface area contributed by atoms with Crippen molar-refractivity contribution in [1.29, 1.82) is 0 Å². The van der Waals surface area contributed by atoms with Gasteiger partial charge in [0.05, 0.1) is 5.57 Å². The van der Waals surface area contributed by atoms with E-state index in [0.29, 0.717) is 19.4 Å². The number of amides is 1. The maximum atomic E-state index is 13.0. The van der Waals surface area contributed by atoms with Crippen LogP contribution in [-0.4, -0.2) is 30.1 Å². The van der Waals surface area contributed by atoms with E-state index < -0.39 is 11.7 Å². The lowest BCUT2D eigenvalue weighted by Gasteiger charge is -2.37. The molecule has 3 nitrogen and oxygen atoms in total. The minimum absolute atomic E-state index is 0.0450. The van der Waals surface area contributed by atoms with Crippen LogP contribution in [-0.2, 0) is 4.79 Å². The average molecular weight is 260 g/mol. The Hall–Kier alpha value is -1.46. The molecule has 0 aromatic rings. The van der Waals surface area contributed by atoms with Gasteiger partial charge in [0.2, 0.25) is 5.91 Å². The summed E-state index contributed by atoms with van der Waals surface area (Å²) in [5.74, 6) is -0.333. The van der Waals surface area contributed by atoms with E-state index in [1.165, 1.54) is 17.9 Å². The van der Waals surface area contributed by atoms with Crippen LogP contribution in [0.25, 0.3) is 0 Å². The van der Waals surface area contributed by atoms with Gasteiger partial charge < -0.3 is 10.6 Å². The quantitative estimate of drug-likeness (QED) is 0.723. The van der Waals surface area contributed by atoms with Gasteiger partial charge in [0.15, 0.2) is 0 Å². The van der Waals surface area contributed by atoms with E-state index in [-0.39, 0.29) is 29.6 Å². The van der Waals surface area contributed by atoms with Gasteiger partial charge in [-0.3, -0.25) is 4.79 Å². The third-order valence-corrected chi connectivity index (χ3v) is 3.56. The molecule has 0 saturated carbocycles. The Morgan fingerprint density at radius 2 is 2.17 bits per heavy atom. The topological polar surface area (TPSA) is 46.3 Å². The van der Waals surface area contributed by atoms with Crippen molar-refractivity contribution in [2.75, 3.05) is 13.1 Å². The summed E-state index contributed by atoms with van der Waals surface area (Å²) in [6.07, 6.45) is -1.90. The number of likely N-dealkylation sites (tertiary alicyclic amines) is 1. The van der Waals surface area contributed by atoms with Gasteiger partial charge >= 0.3 is 6.18 Å². The van der Waals surface area contributed by atoms with Crippen molar-refractivity contribution >= 4 is 5.91 Å². The number of carbonyl (C=O) groups is 1. The normalized spacial score (nSPS) is 24.8. The van der Waals surface area contributed by atoms with E-state index in [1.807, 2.05) is 0 Å². The number of piperidine rings is 1. The molecule has 0 aromatic heterocycles. The zero-order valence-corrected chi connectivity index (χ0v) is 10.0. The van der Waals surface area contributed by atoms with Gasteiger partial charge in [0, 0.05) is 25.7 Å². The summed E-state index contributed by atoms with van der Waals surface area (Å²) in [5.41, 5.74) is 4.80. The first-order chi connectivity index (χ1) is 8.30. The molecule has 0 radical (unpaired) electrons. The molecule has 6 heteroatoms. The molecule has 1 unspecified atom stereocenters. The number of fused-ring (bicyclic) bond motifs is 1. The third kappa shape index (κ3) is 2.23. The van der Waals surface area contributed by atoms with Gasteiger partial charge in [-0.15, -0.1) is 0 Å². The minimum Gasteiger partial charge on any atom is -0.398 e. The van der Waals surface area contributed by atoms with Crippen LogP contribution >= 0.6 is 0 Å². The number of carbonyl (C=O) groups excluding carboxylic acids is 1. The summed E-state index contributed by atoms with van der Waals surface area (Å²) >= 11 is 0. The standard InChI is InChI=1S/C12H15F3N2O/c1-7(18)17-5-4-8-2-3-10(16)11(9(8)6-17)12(13,14)15/h3,8H,2,4-6,16H2,1H3. The fraction of sp³-hybridized carbons (Fsp3) is 0.583. The van der Waals surface area contributed by atoms with Gasteiger partial charge in [-0.2, -0.15) is 13.2 Å². The number of rotatable bonds is 0. The highest BCUT2D eigenvalue weighted by Gasteiger charge is 2.42. The van der Waals surface area contributed by atoms with Gasteiger partial charge in [0.25, 0.3) is 0 Å². The van der Waals surface area contributed by atoms with E-state index in [1.54, 1.807) is 0 Å². The molecule has 1 aliphatic carbocycles. The number of alkyl halides is 3. The lowest BCUT2D eigenvalue weighted by atomic mass is 9.80. The molecular formula is C12H15F3N2O. The molecular weight excluding hydrogens is 245 g/mol. The Labute approximate surface area is 103 Å². The molecule has 0 aromatic carbocycles. The number of hydrogen-bond donors (Lipinski definition) is 1. The van der Waals surface area contributed by atoms with Crippen molar-refractivity contribution in [2.24, 2.45) is 11.7 Å². The van der Waals surface area contributed by atoms with Crippen molar-refractivity contribution in [3.63, 3.8) is 0 Å². The van der Waals surface area contributed by atoms with Gasteiger partial charge in [-0.1, -0.05) is 6.08 Å². The Morgan fingerprint density at radius 1 is 1.50 bits per heavy atom. The molecule has 0 spiro atoms. The zero-order valence-electron chi connectivity index (χ0n) is 10.0. The van der Waals surface area contributed by atoms with Crippen LogP contribution < -0.4 is 5.73 Å². The molecule has 2 N–H and O–H groups in total. The Kier molecular flexibility index (Phi) is 3.12. The second-order valence-corrected chi connectivity index (χ2v) is 4.72. The van der Waals surface area contributed by atoms with E-state index in [2.05, 4.69) is 0 Å². The van der Waals surface area contributed by atoms with E-state index in [9.17, 15) is 18.0 Å². The minimum atomic E-state index is -4.45. The molecule has 1 saturated heterocycles. The van der Waals surface area contributed by atoms with Crippen LogP contribution in [0.3, 0.4) is 0 Å². The van der Waals surface area contributed by atoms with E-state index in [0.717, 1.165) is 0 Å². The fourth-order valence-corrected chi connectivity index (χ4v) is 2.61. The first kappa shape index (κ1) is 13.0. The van der Waals surface area contributed by atoms with Crippen molar-refractivity contribution in [2.45, 2.75) is 25.9 Å². The second kappa shape index (κ2) is 4.33. The smallest absolute Gasteiger partial charge is 0.398 e. The summed E-state index contributed by atoms with van der Waals surface area (Å²) in [4.78, 5) is 12.7. The molecule has 1 heterocycles. The van der Waals surface area contributed by atoms with Crippen molar-refractivity contribution in [3.8, 4) is 0 Å². The Bertz CT molecular complexity index is 437. The SMILES string of the molecule is CC(=O)N1CCC2CC=C(N)C(C(F)(F)F)=C2C1. The van der Waals surface area contributed by atoms with Crippen molar-refractivity contribution < 1.29 is 18.0 Å². The molecule has 0 bridgehead atoms. The summed E-state index contributed by atoms with van der Waals surface area (Å²) in [6, 6.07) is 0. The maximum Gasteiger partial charge on any atom is 0.418 e. The van der Waals surface area contributed by atoms with Crippen molar-refractivity contribution in [1.82, 2.24) is 4.90 Å². The molecule has 1 amide bonds. The summed E-state index contributed by atoms with van der Waals surface area (Å²) in [5, 5.41) is 0. The predicted octanol–water partition coefficient (Wildman–Crippen LogP) is 1.96. The number of allylic oxidation sites excluding steroid dienone is 2. The van der Waals surface area contributed by atoms with Crippen molar-refractivity contribution in [3.05, 3.63) is 22.9 Å². The molecule has 1 atom stereocenters. The lowest BCUT2D eigenvalue weighted by molar-refractivity contribution is -0.129. The predicted molar refractivity (Wildman–Crippen MR) is 60.3 cm³/mol. The van der Waals surface area contributed by atoms with Crippen LogP contribution in [0.1, 0.15) is 19.8 Å². The highest BCUT2D eigenvalue weighted by molar-refractivity contribution is 5.74. The molecule has 1 aliphatic heterocycles. The summed E-state index contributed by atoms with van der Waals surface area (Å²) in [6.45, 7) is 1.93. The van der Waals surface area contributed by atoms with Crippen LogP contribution in [0.5, 0.6) is 0 Å². The Balaban J connectivity index is 2.41. The van der Waals surface area contributed by atoms with Gasteiger partial charge in [-0.05, 0) is 24.3 Å². The number of nitrogens with two attached hydrogens (primary N) is 1. The summed E-state index contributed by atoms with van der Waals surface area (Å²) in [7, 11) is 0. The molecule has 2 rings (SSSR count). The summed E-state index contributed by atoms with van der Waals surface area (Å²) < 4.78 is 39.0. The largest absolute Gasteiger partial charge is 0.418 e. The van der Waals surface area contributed by atoms with Gasteiger partial charge in [0.1, 0.15) is 0 Å². The second-order valence-electron chi connectivity index (χ2n) is 4.72.